The van der Waals surface area contributed by atoms with Crippen molar-refractivity contribution in [3.05, 3.63) is 53.1 Å². The van der Waals surface area contributed by atoms with E-state index in [1.807, 2.05) is 26.0 Å². The molecule has 20 heavy (non-hydrogen) atoms. The second-order valence-corrected chi connectivity index (χ2v) is 4.72. The molecular weight excluding hydrogens is 256 g/mol. The molecule has 0 saturated carbocycles. The lowest BCUT2D eigenvalue weighted by Gasteiger charge is -2.08. The van der Waals surface area contributed by atoms with Crippen molar-refractivity contribution in [2.75, 3.05) is 6.79 Å². The highest BCUT2D eigenvalue weighted by atomic mass is 16.7. The Morgan fingerprint density at radius 2 is 1.85 bits per heavy atom. The van der Waals surface area contributed by atoms with Gasteiger partial charge in [-0.3, -0.25) is 0 Å². The molecule has 0 spiro atoms. The van der Waals surface area contributed by atoms with Crippen molar-refractivity contribution >= 4 is 5.97 Å². The number of ether oxygens (including phenoxy) is 3. The molecule has 4 heteroatoms. The molecule has 0 aliphatic carbocycles. The zero-order chi connectivity index (χ0) is 14.1. The number of hydrogen-bond donors (Lipinski definition) is 0. The van der Waals surface area contributed by atoms with Crippen LogP contribution in [-0.2, 0) is 0 Å². The van der Waals surface area contributed by atoms with Gasteiger partial charge in [0.25, 0.3) is 0 Å². The smallest absolute Gasteiger partial charge is 0.343 e. The number of fused-ring (bicyclic) bond motifs is 1. The van der Waals surface area contributed by atoms with E-state index < -0.39 is 0 Å². The summed E-state index contributed by atoms with van der Waals surface area (Å²) in [5.41, 5.74) is 2.58. The van der Waals surface area contributed by atoms with Gasteiger partial charge in [0.05, 0.1) is 5.56 Å². The number of aryl methyl sites for hydroxylation is 2. The van der Waals surface area contributed by atoms with Crippen LogP contribution in [0.4, 0.5) is 0 Å². The summed E-state index contributed by atoms with van der Waals surface area (Å²) >= 11 is 0. The van der Waals surface area contributed by atoms with Gasteiger partial charge in [0.15, 0.2) is 11.5 Å². The van der Waals surface area contributed by atoms with Gasteiger partial charge in [0, 0.05) is 6.07 Å². The predicted octanol–water partition coefficient (Wildman–Crippen LogP) is 3.25. The van der Waals surface area contributed by atoms with E-state index in [9.17, 15) is 4.79 Å². The molecule has 0 N–H and O–H groups in total. The van der Waals surface area contributed by atoms with Crippen LogP contribution in [0.15, 0.2) is 36.4 Å². The lowest BCUT2D eigenvalue weighted by molar-refractivity contribution is 0.0734. The number of benzene rings is 2. The fourth-order valence-corrected chi connectivity index (χ4v) is 2.14. The third kappa shape index (κ3) is 2.32. The van der Waals surface area contributed by atoms with Crippen molar-refractivity contribution in [3.8, 4) is 17.2 Å². The Labute approximate surface area is 116 Å². The Balaban J connectivity index is 1.82. The molecule has 1 aliphatic rings. The van der Waals surface area contributed by atoms with Crippen LogP contribution in [0.5, 0.6) is 17.2 Å². The minimum Gasteiger partial charge on any atom is -0.454 e. The van der Waals surface area contributed by atoms with Gasteiger partial charge in [-0.2, -0.15) is 0 Å². The van der Waals surface area contributed by atoms with E-state index >= 15 is 0 Å². The molecule has 0 bridgehead atoms. The first-order valence-corrected chi connectivity index (χ1v) is 6.32. The average Bonchev–Trinajstić information content (AvgIpc) is 2.85. The number of hydrogen-bond acceptors (Lipinski definition) is 4. The normalized spacial score (nSPS) is 12.3. The van der Waals surface area contributed by atoms with E-state index in [1.54, 1.807) is 24.3 Å². The monoisotopic (exact) mass is 270 g/mol. The van der Waals surface area contributed by atoms with Crippen LogP contribution in [0.1, 0.15) is 21.5 Å². The summed E-state index contributed by atoms with van der Waals surface area (Å²) in [6.07, 6.45) is 0. The second kappa shape index (κ2) is 4.89. The molecule has 3 rings (SSSR count). The molecule has 4 nitrogen and oxygen atoms in total. The van der Waals surface area contributed by atoms with E-state index in [4.69, 9.17) is 14.2 Å². The quantitative estimate of drug-likeness (QED) is 0.620. The fourth-order valence-electron chi connectivity index (χ4n) is 2.14. The summed E-state index contributed by atoms with van der Waals surface area (Å²) < 4.78 is 15.8. The van der Waals surface area contributed by atoms with E-state index in [2.05, 4.69) is 0 Å². The van der Waals surface area contributed by atoms with Crippen LogP contribution in [-0.4, -0.2) is 12.8 Å². The minimum absolute atomic E-state index is 0.198. The van der Waals surface area contributed by atoms with Crippen molar-refractivity contribution in [2.45, 2.75) is 13.8 Å². The number of rotatable bonds is 2. The molecule has 102 valence electrons. The predicted molar refractivity (Wildman–Crippen MR) is 73.4 cm³/mol. The van der Waals surface area contributed by atoms with Crippen LogP contribution in [0.3, 0.4) is 0 Å². The Hall–Kier alpha value is -2.49. The number of esters is 1. The summed E-state index contributed by atoms with van der Waals surface area (Å²) in [4.78, 5) is 12.2. The van der Waals surface area contributed by atoms with Crippen molar-refractivity contribution in [1.29, 1.82) is 0 Å². The maximum atomic E-state index is 12.2. The SMILES string of the molecule is Cc1ccc(C(=O)Oc2ccc3c(c2)OCO3)c(C)c1. The van der Waals surface area contributed by atoms with Gasteiger partial charge in [0.2, 0.25) is 6.79 Å². The molecule has 2 aromatic rings. The molecule has 0 amide bonds. The maximum Gasteiger partial charge on any atom is 0.343 e. The van der Waals surface area contributed by atoms with Crippen molar-refractivity contribution in [1.82, 2.24) is 0 Å². The zero-order valence-corrected chi connectivity index (χ0v) is 11.3. The number of carbonyl (C=O) groups is 1. The topological polar surface area (TPSA) is 44.8 Å². The van der Waals surface area contributed by atoms with Crippen LogP contribution in [0.2, 0.25) is 0 Å². The average molecular weight is 270 g/mol. The van der Waals surface area contributed by atoms with Crippen molar-refractivity contribution < 1.29 is 19.0 Å². The first-order valence-electron chi connectivity index (χ1n) is 6.32. The molecule has 0 aromatic heterocycles. The first-order chi connectivity index (χ1) is 9.63. The van der Waals surface area contributed by atoms with E-state index in [-0.39, 0.29) is 12.8 Å². The first kappa shape index (κ1) is 12.5. The molecule has 0 saturated heterocycles. The Morgan fingerprint density at radius 3 is 2.65 bits per heavy atom. The standard InChI is InChI=1S/C16H14O4/c1-10-3-5-13(11(2)7-10)16(17)20-12-4-6-14-15(8-12)19-9-18-14/h3-8H,9H2,1-2H3. The van der Waals surface area contributed by atoms with Gasteiger partial charge in [-0.05, 0) is 37.6 Å². The van der Waals surface area contributed by atoms with Gasteiger partial charge in [-0.1, -0.05) is 17.7 Å². The number of carbonyl (C=O) groups excluding carboxylic acids is 1. The molecule has 1 heterocycles. The van der Waals surface area contributed by atoms with Crippen LogP contribution in [0, 0.1) is 13.8 Å². The molecule has 2 aromatic carbocycles. The Morgan fingerprint density at radius 1 is 1.05 bits per heavy atom. The fraction of sp³-hybridized carbons (Fsp3) is 0.188. The molecule has 0 radical (unpaired) electrons. The molecule has 0 unspecified atom stereocenters. The summed E-state index contributed by atoms with van der Waals surface area (Å²) in [7, 11) is 0. The van der Waals surface area contributed by atoms with Gasteiger partial charge in [-0.15, -0.1) is 0 Å². The summed E-state index contributed by atoms with van der Waals surface area (Å²) in [6.45, 7) is 4.08. The second-order valence-electron chi connectivity index (χ2n) is 4.72. The van der Waals surface area contributed by atoms with E-state index in [1.165, 1.54) is 0 Å². The van der Waals surface area contributed by atoms with Gasteiger partial charge >= 0.3 is 5.97 Å². The summed E-state index contributed by atoms with van der Waals surface area (Å²) in [6, 6.07) is 10.7. The maximum absolute atomic E-state index is 12.2. The largest absolute Gasteiger partial charge is 0.454 e. The highest BCUT2D eigenvalue weighted by molar-refractivity contribution is 5.92. The minimum atomic E-state index is -0.374. The van der Waals surface area contributed by atoms with E-state index in [0.717, 1.165) is 11.1 Å². The zero-order valence-electron chi connectivity index (χ0n) is 11.3. The van der Waals surface area contributed by atoms with Gasteiger partial charge in [-0.25, -0.2) is 4.79 Å². The molecule has 1 aliphatic heterocycles. The molecule has 0 fully saturated rings. The summed E-state index contributed by atoms with van der Waals surface area (Å²) in [5.74, 6) is 1.33. The Kier molecular flexibility index (Phi) is 3.06. The van der Waals surface area contributed by atoms with Crippen molar-refractivity contribution in [3.63, 3.8) is 0 Å². The molecule has 0 atom stereocenters. The third-order valence-electron chi connectivity index (χ3n) is 3.16. The highest BCUT2D eigenvalue weighted by Crippen LogP contribution is 2.35. The lowest BCUT2D eigenvalue weighted by Crippen LogP contribution is -2.10. The van der Waals surface area contributed by atoms with Crippen LogP contribution in [0.25, 0.3) is 0 Å². The van der Waals surface area contributed by atoms with Gasteiger partial charge < -0.3 is 14.2 Å². The third-order valence-corrected chi connectivity index (χ3v) is 3.16. The van der Waals surface area contributed by atoms with Crippen molar-refractivity contribution in [2.24, 2.45) is 0 Å². The summed E-state index contributed by atoms with van der Waals surface area (Å²) in [5, 5.41) is 0. The van der Waals surface area contributed by atoms with Crippen LogP contribution < -0.4 is 14.2 Å². The van der Waals surface area contributed by atoms with E-state index in [0.29, 0.717) is 22.8 Å². The lowest BCUT2D eigenvalue weighted by atomic mass is 10.1. The Bertz CT molecular complexity index is 676. The van der Waals surface area contributed by atoms with Gasteiger partial charge in [0.1, 0.15) is 5.75 Å². The highest BCUT2D eigenvalue weighted by Gasteiger charge is 2.16. The molecular formula is C16H14O4. The van der Waals surface area contributed by atoms with Crippen LogP contribution >= 0.6 is 0 Å².